The molecule has 4 nitrogen and oxygen atoms in total. The van der Waals surface area contributed by atoms with E-state index in [-0.39, 0.29) is 0 Å². The van der Waals surface area contributed by atoms with Crippen LogP contribution in [0.5, 0.6) is 0 Å². The summed E-state index contributed by atoms with van der Waals surface area (Å²) < 4.78 is 0. The Morgan fingerprint density at radius 2 is 2.44 bits per heavy atom. The third kappa shape index (κ3) is 2.77. The first-order valence-corrected chi connectivity index (χ1v) is 5.97. The van der Waals surface area contributed by atoms with E-state index in [9.17, 15) is 0 Å². The highest BCUT2D eigenvalue weighted by Crippen LogP contribution is 2.17. The highest BCUT2D eigenvalue weighted by atomic mass is 15.2. The zero-order chi connectivity index (χ0) is 11.4. The van der Waals surface area contributed by atoms with Gasteiger partial charge in [0.05, 0.1) is 11.7 Å². The minimum absolute atomic E-state index is 0.330. The molecule has 1 saturated heterocycles. The minimum Gasteiger partial charge on any atom is -0.313 e. The standard InChI is InChI=1S/C12H20N4/c1-10(12-8-13-6-7-15-12)16(2)9-11-4-3-5-14-11/h6-8,10-11,14H,3-5,9H2,1-2H3/t10-,11-/m1/s1. The van der Waals surface area contributed by atoms with E-state index in [1.165, 1.54) is 12.8 Å². The molecule has 0 unspecified atom stereocenters. The Labute approximate surface area is 97.1 Å². The molecule has 0 bridgehead atoms. The number of rotatable bonds is 4. The molecule has 0 spiro atoms. The van der Waals surface area contributed by atoms with E-state index in [0.29, 0.717) is 12.1 Å². The summed E-state index contributed by atoms with van der Waals surface area (Å²) in [6.07, 6.45) is 7.92. The van der Waals surface area contributed by atoms with Crippen LogP contribution in [0, 0.1) is 0 Å². The lowest BCUT2D eigenvalue weighted by molar-refractivity contribution is 0.234. The van der Waals surface area contributed by atoms with E-state index in [1.807, 2.05) is 6.20 Å². The van der Waals surface area contributed by atoms with Crippen LogP contribution in [0.25, 0.3) is 0 Å². The van der Waals surface area contributed by atoms with Gasteiger partial charge < -0.3 is 5.32 Å². The first kappa shape index (κ1) is 11.5. The monoisotopic (exact) mass is 220 g/mol. The van der Waals surface area contributed by atoms with Crippen molar-refractivity contribution < 1.29 is 0 Å². The van der Waals surface area contributed by atoms with Gasteiger partial charge in [0.15, 0.2) is 0 Å². The number of hydrogen-bond donors (Lipinski definition) is 1. The van der Waals surface area contributed by atoms with Crippen molar-refractivity contribution in [2.24, 2.45) is 0 Å². The van der Waals surface area contributed by atoms with Crippen LogP contribution in [-0.4, -0.2) is 41.0 Å². The molecule has 0 radical (unpaired) electrons. The average Bonchev–Trinajstić information content (AvgIpc) is 2.82. The van der Waals surface area contributed by atoms with Crippen LogP contribution in [-0.2, 0) is 0 Å². The van der Waals surface area contributed by atoms with Gasteiger partial charge in [-0.3, -0.25) is 14.9 Å². The van der Waals surface area contributed by atoms with Crippen molar-refractivity contribution in [1.29, 1.82) is 0 Å². The lowest BCUT2D eigenvalue weighted by atomic mass is 10.1. The van der Waals surface area contributed by atoms with Gasteiger partial charge >= 0.3 is 0 Å². The van der Waals surface area contributed by atoms with Crippen LogP contribution in [0.15, 0.2) is 18.6 Å². The van der Waals surface area contributed by atoms with Crippen LogP contribution in [0.1, 0.15) is 31.5 Å². The Bertz CT molecular complexity index is 308. The topological polar surface area (TPSA) is 41.1 Å². The van der Waals surface area contributed by atoms with Crippen LogP contribution >= 0.6 is 0 Å². The summed E-state index contributed by atoms with van der Waals surface area (Å²) in [5.74, 6) is 0. The van der Waals surface area contributed by atoms with Crippen LogP contribution in [0.4, 0.5) is 0 Å². The predicted octanol–water partition coefficient (Wildman–Crippen LogP) is 1.22. The van der Waals surface area contributed by atoms with Gasteiger partial charge in [-0.25, -0.2) is 0 Å². The molecule has 1 N–H and O–H groups in total. The summed E-state index contributed by atoms with van der Waals surface area (Å²) in [6.45, 7) is 4.43. The fourth-order valence-corrected chi connectivity index (χ4v) is 2.17. The van der Waals surface area contributed by atoms with E-state index >= 15 is 0 Å². The van der Waals surface area contributed by atoms with Crippen LogP contribution in [0.2, 0.25) is 0 Å². The highest BCUT2D eigenvalue weighted by molar-refractivity contribution is 5.01. The SMILES string of the molecule is C[C@H](c1cnccn1)N(C)C[C@H]1CCCN1. The molecule has 1 aromatic rings. The van der Waals surface area contributed by atoms with Gasteiger partial charge in [0.1, 0.15) is 0 Å². The zero-order valence-corrected chi connectivity index (χ0v) is 10.1. The summed E-state index contributed by atoms with van der Waals surface area (Å²) in [5, 5.41) is 3.52. The molecular weight excluding hydrogens is 200 g/mol. The Balaban J connectivity index is 1.91. The predicted molar refractivity (Wildman–Crippen MR) is 64.1 cm³/mol. The molecule has 4 heteroatoms. The second kappa shape index (κ2) is 5.37. The lowest BCUT2D eigenvalue weighted by Gasteiger charge is -2.26. The van der Waals surface area contributed by atoms with Crippen LogP contribution < -0.4 is 5.32 Å². The maximum atomic E-state index is 4.35. The van der Waals surface area contributed by atoms with E-state index < -0.39 is 0 Å². The van der Waals surface area contributed by atoms with Crippen molar-refractivity contribution in [3.05, 3.63) is 24.3 Å². The average molecular weight is 220 g/mol. The molecule has 0 aliphatic carbocycles. The molecule has 1 fully saturated rings. The van der Waals surface area contributed by atoms with Crippen molar-refractivity contribution in [3.8, 4) is 0 Å². The van der Waals surface area contributed by atoms with Gasteiger partial charge in [0.2, 0.25) is 0 Å². The normalized spacial score (nSPS) is 22.6. The summed E-state index contributed by atoms with van der Waals surface area (Å²) in [6, 6.07) is 0.972. The Hall–Kier alpha value is -1.00. The molecule has 1 aliphatic rings. The number of nitrogens with one attached hydrogen (secondary N) is 1. The smallest absolute Gasteiger partial charge is 0.0755 e. The van der Waals surface area contributed by atoms with Gasteiger partial charge in [-0.2, -0.15) is 0 Å². The first-order valence-electron chi connectivity index (χ1n) is 5.97. The molecule has 2 heterocycles. The van der Waals surface area contributed by atoms with E-state index in [4.69, 9.17) is 0 Å². The Morgan fingerprint density at radius 1 is 1.56 bits per heavy atom. The molecule has 2 rings (SSSR count). The van der Waals surface area contributed by atoms with Crippen molar-refractivity contribution in [2.75, 3.05) is 20.1 Å². The molecule has 2 atom stereocenters. The molecule has 88 valence electrons. The molecule has 1 aromatic heterocycles. The third-order valence-corrected chi connectivity index (χ3v) is 3.34. The third-order valence-electron chi connectivity index (χ3n) is 3.34. The van der Waals surface area contributed by atoms with Gasteiger partial charge in [0, 0.05) is 31.2 Å². The lowest BCUT2D eigenvalue weighted by Crippen LogP contribution is -2.36. The van der Waals surface area contributed by atoms with E-state index in [0.717, 1.165) is 18.8 Å². The number of aromatic nitrogens is 2. The van der Waals surface area contributed by atoms with Crippen molar-refractivity contribution in [3.63, 3.8) is 0 Å². The fourth-order valence-electron chi connectivity index (χ4n) is 2.17. The molecule has 0 saturated carbocycles. The highest BCUT2D eigenvalue weighted by Gasteiger charge is 2.20. The maximum absolute atomic E-state index is 4.35. The van der Waals surface area contributed by atoms with Crippen LogP contribution in [0.3, 0.4) is 0 Å². The molecule has 0 amide bonds. The second-order valence-electron chi connectivity index (χ2n) is 4.54. The molecule has 0 aromatic carbocycles. The Kier molecular flexibility index (Phi) is 3.85. The first-order chi connectivity index (χ1) is 7.77. The number of likely N-dealkylation sites (N-methyl/N-ethyl adjacent to an activating group) is 1. The summed E-state index contributed by atoms with van der Waals surface area (Å²) in [7, 11) is 2.15. The molecule has 16 heavy (non-hydrogen) atoms. The summed E-state index contributed by atoms with van der Waals surface area (Å²) in [5.41, 5.74) is 1.04. The maximum Gasteiger partial charge on any atom is 0.0755 e. The van der Waals surface area contributed by atoms with Gasteiger partial charge in [-0.05, 0) is 33.4 Å². The quantitative estimate of drug-likeness (QED) is 0.828. The van der Waals surface area contributed by atoms with Crippen molar-refractivity contribution in [1.82, 2.24) is 20.2 Å². The minimum atomic E-state index is 0.330. The van der Waals surface area contributed by atoms with E-state index in [2.05, 4.69) is 34.2 Å². The van der Waals surface area contributed by atoms with Gasteiger partial charge in [-0.1, -0.05) is 0 Å². The largest absolute Gasteiger partial charge is 0.313 e. The zero-order valence-electron chi connectivity index (χ0n) is 10.1. The molecule has 1 aliphatic heterocycles. The van der Waals surface area contributed by atoms with Crippen molar-refractivity contribution in [2.45, 2.75) is 31.8 Å². The fraction of sp³-hybridized carbons (Fsp3) is 0.667. The van der Waals surface area contributed by atoms with Crippen molar-refractivity contribution >= 4 is 0 Å². The second-order valence-corrected chi connectivity index (χ2v) is 4.54. The number of hydrogen-bond acceptors (Lipinski definition) is 4. The van der Waals surface area contributed by atoms with Gasteiger partial charge in [0.25, 0.3) is 0 Å². The molecular formula is C12H20N4. The number of nitrogens with zero attached hydrogens (tertiary/aromatic N) is 3. The summed E-state index contributed by atoms with van der Waals surface area (Å²) >= 11 is 0. The summed E-state index contributed by atoms with van der Waals surface area (Å²) in [4.78, 5) is 10.8. The Morgan fingerprint density at radius 3 is 3.06 bits per heavy atom. The van der Waals surface area contributed by atoms with Gasteiger partial charge in [-0.15, -0.1) is 0 Å². The van der Waals surface area contributed by atoms with E-state index in [1.54, 1.807) is 12.4 Å².